The molecule has 0 spiro atoms. The topological polar surface area (TPSA) is 29.5 Å². The minimum Gasteiger partial charge on any atom is -0.381 e. The maximum atomic E-state index is 13.3. The van der Waals surface area contributed by atoms with Crippen LogP contribution in [0.1, 0.15) is 45.6 Å². The molecule has 3 heteroatoms. The molecule has 0 N–H and O–H groups in total. The summed E-state index contributed by atoms with van der Waals surface area (Å²) in [6.07, 6.45) is 4.21. The van der Waals surface area contributed by atoms with Crippen molar-refractivity contribution in [3.8, 4) is 0 Å². The van der Waals surface area contributed by atoms with Crippen molar-refractivity contribution < 1.29 is 9.53 Å². The van der Waals surface area contributed by atoms with E-state index in [4.69, 9.17) is 4.74 Å². The molecular formula is C21H31NO2. The third-order valence-electron chi connectivity index (χ3n) is 6.31. The van der Waals surface area contributed by atoms with Gasteiger partial charge in [-0.1, -0.05) is 44.2 Å². The molecule has 3 rings (SSSR count). The smallest absolute Gasteiger partial charge is 0.228 e. The zero-order valence-electron chi connectivity index (χ0n) is 15.3. The molecule has 2 saturated heterocycles. The maximum absolute atomic E-state index is 13.3. The zero-order valence-corrected chi connectivity index (χ0v) is 15.3. The molecule has 0 aliphatic carbocycles. The van der Waals surface area contributed by atoms with E-state index < -0.39 is 0 Å². The Kier molecular flexibility index (Phi) is 5.29. The molecule has 2 fully saturated rings. The lowest BCUT2D eigenvalue weighted by Gasteiger charge is -2.39. The molecule has 0 radical (unpaired) electrons. The van der Waals surface area contributed by atoms with Gasteiger partial charge in [0, 0.05) is 31.2 Å². The fourth-order valence-corrected chi connectivity index (χ4v) is 4.44. The Morgan fingerprint density at radius 3 is 2.50 bits per heavy atom. The molecule has 1 aromatic rings. The number of carbonyl (C=O) groups excluding carboxylic acids is 1. The minimum atomic E-state index is -0.278. The SMILES string of the molecule is C[C@H]1[C@H](Cc2ccccc2)CCN1C(=O)C(C)(C)C1CCOCC1. The number of carbonyl (C=O) groups is 1. The van der Waals surface area contributed by atoms with Gasteiger partial charge in [-0.25, -0.2) is 0 Å². The summed E-state index contributed by atoms with van der Waals surface area (Å²) in [7, 11) is 0. The second-order valence-corrected chi connectivity index (χ2v) is 8.09. The molecule has 0 unspecified atom stereocenters. The third kappa shape index (κ3) is 3.51. The second kappa shape index (κ2) is 7.26. The highest BCUT2D eigenvalue weighted by atomic mass is 16.5. The van der Waals surface area contributed by atoms with Crippen molar-refractivity contribution in [3.63, 3.8) is 0 Å². The molecule has 0 saturated carbocycles. The highest BCUT2D eigenvalue weighted by Gasteiger charge is 2.44. The number of ether oxygens (including phenoxy) is 1. The standard InChI is InChI=1S/C21H31NO2/c1-16-18(15-17-7-5-4-6-8-17)9-12-22(16)20(23)21(2,3)19-10-13-24-14-11-19/h4-8,16,18-19H,9-15H2,1-3H3/t16-,18-/m0/s1. The fourth-order valence-electron chi connectivity index (χ4n) is 4.44. The van der Waals surface area contributed by atoms with Crippen molar-refractivity contribution in [1.29, 1.82) is 0 Å². The Bertz CT molecular complexity index is 548. The van der Waals surface area contributed by atoms with E-state index in [0.717, 1.165) is 45.4 Å². The number of benzene rings is 1. The van der Waals surface area contributed by atoms with Gasteiger partial charge in [-0.2, -0.15) is 0 Å². The van der Waals surface area contributed by atoms with Crippen molar-refractivity contribution in [1.82, 2.24) is 4.90 Å². The summed E-state index contributed by atoms with van der Waals surface area (Å²) in [4.78, 5) is 15.4. The van der Waals surface area contributed by atoms with Crippen LogP contribution in [0.15, 0.2) is 30.3 Å². The first-order valence-electron chi connectivity index (χ1n) is 9.43. The molecule has 2 heterocycles. The van der Waals surface area contributed by atoms with E-state index in [9.17, 15) is 4.79 Å². The van der Waals surface area contributed by atoms with Crippen molar-refractivity contribution in [2.75, 3.05) is 19.8 Å². The highest BCUT2D eigenvalue weighted by Crippen LogP contribution is 2.39. The van der Waals surface area contributed by atoms with Gasteiger partial charge in [-0.15, -0.1) is 0 Å². The Morgan fingerprint density at radius 2 is 1.83 bits per heavy atom. The first kappa shape index (κ1) is 17.5. The van der Waals surface area contributed by atoms with Gasteiger partial charge in [-0.3, -0.25) is 4.79 Å². The van der Waals surface area contributed by atoms with E-state index in [-0.39, 0.29) is 5.41 Å². The van der Waals surface area contributed by atoms with Crippen LogP contribution < -0.4 is 0 Å². The van der Waals surface area contributed by atoms with Gasteiger partial charge in [-0.05, 0) is 50.0 Å². The third-order valence-corrected chi connectivity index (χ3v) is 6.31. The lowest BCUT2D eigenvalue weighted by atomic mass is 9.73. The van der Waals surface area contributed by atoms with Gasteiger partial charge >= 0.3 is 0 Å². The Hall–Kier alpha value is -1.35. The largest absolute Gasteiger partial charge is 0.381 e. The summed E-state index contributed by atoms with van der Waals surface area (Å²) >= 11 is 0. The van der Waals surface area contributed by atoms with E-state index in [0.29, 0.717) is 23.8 Å². The molecule has 2 aliphatic rings. The van der Waals surface area contributed by atoms with Crippen molar-refractivity contribution in [2.24, 2.45) is 17.3 Å². The Morgan fingerprint density at radius 1 is 1.17 bits per heavy atom. The minimum absolute atomic E-state index is 0.278. The maximum Gasteiger partial charge on any atom is 0.228 e. The van der Waals surface area contributed by atoms with E-state index >= 15 is 0 Å². The molecule has 2 atom stereocenters. The molecule has 0 bridgehead atoms. The second-order valence-electron chi connectivity index (χ2n) is 8.09. The molecule has 132 valence electrons. The van der Waals surface area contributed by atoms with E-state index in [1.54, 1.807) is 0 Å². The molecule has 3 nitrogen and oxygen atoms in total. The van der Waals surface area contributed by atoms with E-state index in [2.05, 4.69) is 56.0 Å². The van der Waals surface area contributed by atoms with Crippen molar-refractivity contribution in [3.05, 3.63) is 35.9 Å². The van der Waals surface area contributed by atoms with Gasteiger partial charge in [0.25, 0.3) is 0 Å². The molecule has 1 amide bonds. The van der Waals surface area contributed by atoms with Gasteiger partial charge < -0.3 is 9.64 Å². The number of hydrogen-bond acceptors (Lipinski definition) is 2. The Labute approximate surface area is 146 Å². The van der Waals surface area contributed by atoms with Crippen LogP contribution in [-0.2, 0) is 16.0 Å². The van der Waals surface area contributed by atoms with Crippen LogP contribution in [0.5, 0.6) is 0 Å². The quantitative estimate of drug-likeness (QED) is 0.838. The summed E-state index contributed by atoms with van der Waals surface area (Å²) in [6.45, 7) is 9.02. The molecule has 2 aliphatic heterocycles. The Balaban J connectivity index is 1.65. The van der Waals surface area contributed by atoms with Gasteiger partial charge in [0.05, 0.1) is 0 Å². The van der Waals surface area contributed by atoms with Crippen LogP contribution in [0.25, 0.3) is 0 Å². The number of rotatable bonds is 4. The summed E-state index contributed by atoms with van der Waals surface area (Å²) in [5.41, 5.74) is 1.10. The molecule has 0 aromatic heterocycles. The highest BCUT2D eigenvalue weighted by molar-refractivity contribution is 5.83. The number of likely N-dealkylation sites (tertiary alicyclic amines) is 1. The first-order chi connectivity index (χ1) is 11.5. The van der Waals surface area contributed by atoms with Crippen LogP contribution in [0.2, 0.25) is 0 Å². The van der Waals surface area contributed by atoms with Crippen LogP contribution in [-0.4, -0.2) is 36.6 Å². The van der Waals surface area contributed by atoms with Crippen molar-refractivity contribution >= 4 is 5.91 Å². The number of hydrogen-bond donors (Lipinski definition) is 0. The average Bonchev–Trinajstić information content (AvgIpc) is 2.96. The lowest BCUT2D eigenvalue weighted by Crippen LogP contribution is -2.48. The van der Waals surface area contributed by atoms with E-state index in [1.807, 2.05) is 0 Å². The summed E-state index contributed by atoms with van der Waals surface area (Å²) in [5.74, 6) is 1.36. The van der Waals surface area contributed by atoms with Crippen LogP contribution >= 0.6 is 0 Å². The first-order valence-corrected chi connectivity index (χ1v) is 9.43. The van der Waals surface area contributed by atoms with Gasteiger partial charge in [0.2, 0.25) is 5.91 Å². The summed E-state index contributed by atoms with van der Waals surface area (Å²) in [5, 5.41) is 0. The average molecular weight is 329 g/mol. The lowest BCUT2D eigenvalue weighted by molar-refractivity contribution is -0.146. The van der Waals surface area contributed by atoms with Gasteiger partial charge in [0.15, 0.2) is 0 Å². The number of amides is 1. The van der Waals surface area contributed by atoms with Crippen molar-refractivity contribution in [2.45, 2.75) is 52.5 Å². The zero-order chi connectivity index (χ0) is 17.2. The fraction of sp³-hybridized carbons (Fsp3) is 0.667. The summed E-state index contributed by atoms with van der Waals surface area (Å²) < 4.78 is 5.48. The number of nitrogens with zero attached hydrogens (tertiary/aromatic N) is 1. The summed E-state index contributed by atoms with van der Waals surface area (Å²) in [6, 6.07) is 11.0. The van der Waals surface area contributed by atoms with Crippen LogP contribution in [0.4, 0.5) is 0 Å². The predicted octanol–water partition coefficient (Wildman–Crippen LogP) is 3.92. The molecular weight excluding hydrogens is 298 g/mol. The molecule has 24 heavy (non-hydrogen) atoms. The molecule has 1 aromatic carbocycles. The van der Waals surface area contributed by atoms with Crippen LogP contribution in [0.3, 0.4) is 0 Å². The normalized spacial score (nSPS) is 25.9. The van der Waals surface area contributed by atoms with E-state index in [1.165, 1.54) is 5.56 Å². The van der Waals surface area contributed by atoms with Gasteiger partial charge in [0.1, 0.15) is 0 Å². The monoisotopic (exact) mass is 329 g/mol. The van der Waals surface area contributed by atoms with Crippen LogP contribution in [0, 0.1) is 17.3 Å². The predicted molar refractivity (Wildman–Crippen MR) is 96.8 cm³/mol.